The number of aliphatic hydroxyl groups excluding tert-OH is 1. The van der Waals surface area contributed by atoms with Crippen molar-refractivity contribution < 1.29 is 5.11 Å². The molecule has 0 spiro atoms. The highest BCUT2D eigenvalue weighted by Gasteiger charge is 2.09. The average Bonchev–Trinajstić information content (AvgIpc) is 2.47. The number of halogens is 1. The van der Waals surface area contributed by atoms with Crippen LogP contribution >= 0.6 is 11.6 Å². The molecule has 4 nitrogen and oxygen atoms in total. The molecule has 0 saturated heterocycles. The quantitative estimate of drug-likeness (QED) is 0.801. The smallest absolute Gasteiger partial charge is 0.0860 e. The van der Waals surface area contributed by atoms with Gasteiger partial charge in [0, 0.05) is 12.6 Å². The van der Waals surface area contributed by atoms with Gasteiger partial charge in [0.15, 0.2) is 0 Å². The van der Waals surface area contributed by atoms with Crippen LogP contribution in [-0.4, -0.2) is 33.6 Å². The molecule has 0 aromatic carbocycles. The molecule has 0 aliphatic rings. The van der Waals surface area contributed by atoms with Gasteiger partial charge >= 0.3 is 0 Å². The third-order valence-corrected chi connectivity index (χ3v) is 2.56. The molecule has 1 atom stereocenters. The molecular weight excluding hydrogens is 214 g/mol. The Labute approximate surface area is 95.2 Å². The molecule has 0 saturated carbocycles. The van der Waals surface area contributed by atoms with Gasteiger partial charge in [-0.25, -0.2) is 0 Å². The summed E-state index contributed by atoms with van der Waals surface area (Å²) in [5.41, 5.74) is 0.889. The summed E-state index contributed by atoms with van der Waals surface area (Å²) in [4.78, 5) is 0. The molecule has 1 unspecified atom stereocenters. The average molecular weight is 232 g/mol. The van der Waals surface area contributed by atoms with Crippen LogP contribution in [0.1, 0.15) is 19.5 Å². The topological polar surface area (TPSA) is 50.1 Å². The first-order valence-corrected chi connectivity index (χ1v) is 5.48. The zero-order chi connectivity index (χ0) is 11.4. The fraction of sp³-hybridized carbons (Fsp3) is 0.700. The lowest BCUT2D eigenvalue weighted by molar-refractivity contribution is 0.143. The number of nitrogens with zero attached hydrogens (tertiary/aromatic N) is 2. The molecule has 1 rings (SSSR count). The maximum Gasteiger partial charge on any atom is 0.0860 e. The first-order valence-electron chi connectivity index (χ1n) is 5.10. The van der Waals surface area contributed by atoms with Gasteiger partial charge in [0.25, 0.3) is 0 Å². The lowest BCUT2D eigenvalue weighted by atomic mass is 10.3. The van der Waals surface area contributed by atoms with Crippen LogP contribution in [0.25, 0.3) is 0 Å². The second-order valence-corrected chi connectivity index (χ2v) is 4.38. The predicted molar refractivity (Wildman–Crippen MR) is 61.1 cm³/mol. The Morgan fingerprint density at radius 2 is 2.27 bits per heavy atom. The Morgan fingerprint density at radius 3 is 2.73 bits per heavy atom. The summed E-state index contributed by atoms with van der Waals surface area (Å²) in [7, 11) is 0. The van der Waals surface area contributed by atoms with Crippen molar-refractivity contribution in [3.63, 3.8) is 0 Å². The van der Waals surface area contributed by atoms with Crippen LogP contribution in [0.4, 0.5) is 0 Å². The minimum absolute atomic E-state index is 0.377. The van der Waals surface area contributed by atoms with Crippen molar-refractivity contribution in [2.45, 2.75) is 39.5 Å². The monoisotopic (exact) mass is 231 g/mol. The van der Waals surface area contributed by atoms with Crippen LogP contribution in [-0.2, 0) is 6.54 Å². The summed E-state index contributed by atoms with van der Waals surface area (Å²) < 4.78 is 1.72. The Morgan fingerprint density at radius 1 is 1.60 bits per heavy atom. The van der Waals surface area contributed by atoms with Crippen molar-refractivity contribution in [1.82, 2.24) is 15.1 Å². The van der Waals surface area contributed by atoms with Crippen LogP contribution < -0.4 is 5.32 Å². The second kappa shape index (κ2) is 5.49. The van der Waals surface area contributed by atoms with E-state index in [2.05, 4.69) is 10.4 Å². The van der Waals surface area contributed by atoms with Crippen LogP contribution in [0.3, 0.4) is 0 Å². The number of aliphatic hydroxyl groups is 1. The highest BCUT2D eigenvalue weighted by molar-refractivity contribution is 6.31. The minimum atomic E-state index is -0.443. The van der Waals surface area contributed by atoms with E-state index in [1.807, 2.05) is 20.8 Å². The number of hydrogen-bond donors (Lipinski definition) is 2. The fourth-order valence-corrected chi connectivity index (χ4v) is 1.38. The van der Waals surface area contributed by atoms with Crippen LogP contribution in [0.15, 0.2) is 6.20 Å². The lowest BCUT2D eigenvalue weighted by Gasteiger charge is -2.14. The molecule has 0 aliphatic heterocycles. The Bertz CT molecular complexity index is 312. The van der Waals surface area contributed by atoms with E-state index in [1.165, 1.54) is 0 Å². The minimum Gasteiger partial charge on any atom is -0.390 e. The second-order valence-electron chi connectivity index (χ2n) is 3.98. The van der Waals surface area contributed by atoms with Gasteiger partial charge in [-0.1, -0.05) is 25.4 Å². The van der Waals surface area contributed by atoms with Crippen molar-refractivity contribution in [3.05, 3.63) is 16.9 Å². The third-order valence-electron chi connectivity index (χ3n) is 2.19. The van der Waals surface area contributed by atoms with Gasteiger partial charge in [-0.3, -0.25) is 4.68 Å². The highest BCUT2D eigenvalue weighted by atomic mass is 35.5. The Hall–Kier alpha value is -0.580. The van der Waals surface area contributed by atoms with Gasteiger partial charge in [0.1, 0.15) is 0 Å². The zero-order valence-electron chi connectivity index (χ0n) is 9.37. The molecular formula is C10H18ClN3O. The standard InChI is InChI=1S/C10H18ClN3O/c1-7(2)12-4-9(15)6-14-8(3)10(11)5-13-14/h5,7,9,12,15H,4,6H2,1-3H3. The summed E-state index contributed by atoms with van der Waals surface area (Å²) in [5, 5.41) is 17.6. The normalized spacial score (nSPS) is 13.5. The largest absolute Gasteiger partial charge is 0.390 e. The van der Waals surface area contributed by atoms with Crippen molar-refractivity contribution in [1.29, 1.82) is 0 Å². The molecule has 5 heteroatoms. The van der Waals surface area contributed by atoms with Gasteiger partial charge in [-0.05, 0) is 6.92 Å². The van der Waals surface area contributed by atoms with E-state index in [0.29, 0.717) is 24.2 Å². The molecule has 1 aromatic heterocycles. The Kier molecular flexibility index (Phi) is 4.57. The van der Waals surface area contributed by atoms with Crippen LogP contribution in [0, 0.1) is 6.92 Å². The fourth-order valence-electron chi connectivity index (χ4n) is 1.24. The van der Waals surface area contributed by atoms with Gasteiger partial charge in [0.2, 0.25) is 0 Å². The van der Waals surface area contributed by atoms with E-state index < -0.39 is 6.10 Å². The first kappa shape index (κ1) is 12.5. The summed E-state index contributed by atoms with van der Waals surface area (Å²) in [5.74, 6) is 0. The van der Waals surface area contributed by atoms with E-state index in [-0.39, 0.29) is 0 Å². The maximum absolute atomic E-state index is 9.72. The molecule has 0 aliphatic carbocycles. The SMILES string of the molecule is Cc1c(Cl)cnn1CC(O)CNC(C)C. The molecule has 1 aromatic rings. The lowest BCUT2D eigenvalue weighted by Crippen LogP contribution is -2.34. The summed E-state index contributed by atoms with van der Waals surface area (Å²) in [6, 6.07) is 0.377. The third kappa shape index (κ3) is 3.81. The van der Waals surface area contributed by atoms with Gasteiger partial charge in [-0.15, -0.1) is 0 Å². The Balaban J connectivity index is 2.44. The molecule has 2 N–H and O–H groups in total. The highest BCUT2D eigenvalue weighted by Crippen LogP contribution is 2.13. The van der Waals surface area contributed by atoms with E-state index >= 15 is 0 Å². The summed E-state index contributed by atoms with van der Waals surface area (Å²) in [6.07, 6.45) is 1.15. The van der Waals surface area contributed by atoms with Gasteiger partial charge in [0.05, 0.1) is 29.6 Å². The van der Waals surface area contributed by atoms with E-state index in [0.717, 1.165) is 5.69 Å². The molecule has 1 heterocycles. The van der Waals surface area contributed by atoms with E-state index in [4.69, 9.17) is 11.6 Å². The molecule has 0 radical (unpaired) electrons. The van der Waals surface area contributed by atoms with E-state index in [9.17, 15) is 5.11 Å². The number of nitrogens with one attached hydrogen (secondary N) is 1. The van der Waals surface area contributed by atoms with Crippen molar-refractivity contribution >= 4 is 11.6 Å². The molecule has 0 fully saturated rings. The van der Waals surface area contributed by atoms with Crippen molar-refractivity contribution in [3.8, 4) is 0 Å². The number of hydrogen-bond acceptors (Lipinski definition) is 3. The van der Waals surface area contributed by atoms with Gasteiger partial charge < -0.3 is 10.4 Å². The zero-order valence-corrected chi connectivity index (χ0v) is 10.1. The number of aromatic nitrogens is 2. The summed E-state index contributed by atoms with van der Waals surface area (Å²) in [6.45, 7) is 7.01. The predicted octanol–water partition coefficient (Wildman–Crippen LogP) is 1.20. The van der Waals surface area contributed by atoms with Crippen molar-refractivity contribution in [2.24, 2.45) is 0 Å². The molecule has 86 valence electrons. The van der Waals surface area contributed by atoms with Gasteiger partial charge in [-0.2, -0.15) is 5.10 Å². The van der Waals surface area contributed by atoms with Crippen LogP contribution in [0.2, 0.25) is 5.02 Å². The maximum atomic E-state index is 9.72. The molecule has 0 amide bonds. The molecule has 0 bridgehead atoms. The van der Waals surface area contributed by atoms with E-state index in [1.54, 1.807) is 10.9 Å². The summed E-state index contributed by atoms with van der Waals surface area (Å²) >= 11 is 5.86. The molecule has 15 heavy (non-hydrogen) atoms. The van der Waals surface area contributed by atoms with Crippen molar-refractivity contribution in [2.75, 3.05) is 6.54 Å². The number of rotatable bonds is 5. The van der Waals surface area contributed by atoms with Crippen LogP contribution in [0.5, 0.6) is 0 Å². The first-order chi connectivity index (χ1) is 7.00.